The molecule has 1 atom stereocenters. The quantitative estimate of drug-likeness (QED) is 0.561. The van der Waals surface area contributed by atoms with E-state index in [1.807, 2.05) is 0 Å². The van der Waals surface area contributed by atoms with Crippen molar-refractivity contribution in [2.24, 2.45) is 5.41 Å². The van der Waals surface area contributed by atoms with Crippen LogP contribution in [0.4, 0.5) is 14.6 Å². The third kappa shape index (κ3) is 4.60. The van der Waals surface area contributed by atoms with Crippen molar-refractivity contribution in [3.05, 3.63) is 59.3 Å². The lowest BCUT2D eigenvalue weighted by atomic mass is 9.79. The number of nitriles is 1. The van der Waals surface area contributed by atoms with Gasteiger partial charge in [-0.05, 0) is 63.0 Å². The van der Waals surface area contributed by atoms with Crippen molar-refractivity contribution in [2.45, 2.75) is 38.3 Å². The molecule has 9 heteroatoms. The minimum Gasteiger partial charge on any atom is -0.355 e. The number of aromatic nitrogens is 1. The predicted octanol–water partition coefficient (Wildman–Crippen LogP) is 3.58. The number of hydrogen-bond acceptors (Lipinski definition) is 6. The molecule has 1 amide bonds. The summed E-state index contributed by atoms with van der Waals surface area (Å²) in [6, 6.07) is 6.37. The molecule has 0 saturated carbocycles. The minimum absolute atomic E-state index is 0.0387. The molecule has 204 valence electrons. The molecule has 4 aliphatic heterocycles. The lowest BCUT2D eigenvalue weighted by Crippen LogP contribution is -2.59. The van der Waals surface area contributed by atoms with E-state index in [1.165, 1.54) is 18.2 Å². The maximum Gasteiger partial charge on any atom is 0.245 e. The number of benzene rings is 1. The zero-order valence-electron chi connectivity index (χ0n) is 22.4. The molecule has 6 rings (SSSR count). The van der Waals surface area contributed by atoms with Crippen molar-refractivity contribution in [2.75, 3.05) is 57.8 Å². The van der Waals surface area contributed by atoms with Crippen LogP contribution in [0.1, 0.15) is 36.1 Å². The van der Waals surface area contributed by atoms with Crippen LogP contribution < -0.4 is 4.90 Å². The monoisotopic (exact) mass is 532 g/mol. The second-order valence-corrected chi connectivity index (χ2v) is 11.7. The minimum atomic E-state index is -0.669. The van der Waals surface area contributed by atoms with Crippen LogP contribution in [0.5, 0.6) is 0 Å². The van der Waals surface area contributed by atoms with Gasteiger partial charge in [0.25, 0.3) is 0 Å². The number of carbonyl (C=O) groups excluding carboxylic acids is 1. The van der Waals surface area contributed by atoms with Crippen LogP contribution in [0.2, 0.25) is 0 Å². The summed E-state index contributed by atoms with van der Waals surface area (Å²) >= 11 is 0. The molecule has 5 heterocycles. The Kier molecular flexibility index (Phi) is 6.64. The van der Waals surface area contributed by atoms with Gasteiger partial charge in [-0.15, -0.1) is 0 Å². The van der Waals surface area contributed by atoms with Crippen LogP contribution >= 0.6 is 0 Å². The fourth-order valence-corrected chi connectivity index (χ4v) is 7.08. The van der Waals surface area contributed by atoms with Crippen molar-refractivity contribution in [3.8, 4) is 17.2 Å². The number of likely N-dealkylation sites (tertiary alicyclic amines) is 2. The number of carbonyl (C=O) groups is 1. The Morgan fingerprint density at radius 3 is 2.77 bits per heavy atom. The highest BCUT2D eigenvalue weighted by molar-refractivity contribution is 5.88. The van der Waals surface area contributed by atoms with Crippen molar-refractivity contribution in [1.82, 2.24) is 19.7 Å². The average molecular weight is 533 g/mol. The molecular formula is C30H34F2N6O. The Morgan fingerprint density at radius 1 is 1.23 bits per heavy atom. The van der Waals surface area contributed by atoms with E-state index in [1.54, 1.807) is 4.90 Å². The maximum absolute atomic E-state index is 15.2. The number of amides is 1. The second kappa shape index (κ2) is 10.00. The van der Waals surface area contributed by atoms with Gasteiger partial charge in [-0.2, -0.15) is 5.26 Å². The predicted molar refractivity (Wildman–Crippen MR) is 145 cm³/mol. The number of fused-ring (bicyclic) bond motifs is 1. The standard InChI is InChI=1S/C30H34F2N6O/c1-3-27(39)38-18-30(19-38)9-12-37(17-30)29-24(14-33)28(22-7-6-20(31)13-25(22)32)23-8-11-36(16-26(23)34-29)21-5-4-10-35(2)15-21/h3,6-7,13,21H,1,4-5,8-12,15-19H2,2H3/t21-/m0/s1. The van der Waals surface area contributed by atoms with E-state index in [4.69, 9.17) is 4.98 Å². The Labute approximate surface area is 228 Å². The Bertz CT molecular complexity index is 1360. The molecule has 0 radical (unpaired) electrons. The van der Waals surface area contributed by atoms with Crippen molar-refractivity contribution >= 4 is 11.7 Å². The molecule has 1 aromatic carbocycles. The van der Waals surface area contributed by atoms with Crippen molar-refractivity contribution in [3.63, 3.8) is 0 Å². The van der Waals surface area contributed by atoms with E-state index in [-0.39, 0.29) is 16.9 Å². The first-order valence-electron chi connectivity index (χ1n) is 13.8. The van der Waals surface area contributed by atoms with E-state index in [0.29, 0.717) is 62.1 Å². The number of rotatable bonds is 4. The number of hydrogen-bond donors (Lipinski definition) is 0. The van der Waals surface area contributed by atoms with Gasteiger partial charge in [0.2, 0.25) is 5.91 Å². The molecule has 0 aliphatic carbocycles. The van der Waals surface area contributed by atoms with Gasteiger partial charge in [-0.1, -0.05) is 6.58 Å². The highest BCUT2D eigenvalue weighted by atomic mass is 19.1. The molecule has 4 aliphatic rings. The van der Waals surface area contributed by atoms with Gasteiger partial charge in [0.15, 0.2) is 0 Å². The summed E-state index contributed by atoms with van der Waals surface area (Å²) in [5, 5.41) is 10.4. The first-order valence-corrected chi connectivity index (χ1v) is 13.8. The van der Waals surface area contributed by atoms with E-state index in [2.05, 4.69) is 34.4 Å². The smallest absolute Gasteiger partial charge is 0.245 e. The van der Waals surface area contributed by atoms with Crippen LogP contribution in [-0.4, -0.2) is 84.5 Å². The molecule has 39 heavy (non-hydrogen) atoms. The van der Waals surface area contributed by atoms with Gasteiger partial charge in [-0.3, -0.25) is 9.69 Å². The lowest BCUT2D eigenvalue weighted by Gasteiger charge is -2.47. The molecule has 0 bridgehead atoms. The third-order valence-corrected chi connectivity index (χ3v) is 9.07. The molecule has 0 unspecified atom stereocenters. The molecule has 3 fully saturated rings. The lowest BCUT2D eigenvalue weighted by molar-refractivity contribution is -0.136. The van der Waals surface area contributed by atoms with E-state index >= 15 is 4.39 Å². The zero-order valence-corrected chi connectivity index (χ0v) is 22.4. The van der Waals surface area contributed by atoms with Crippen molar-refractivity contribution < 1.29 is 13.6 Å². The first-order chi connectivity index (χ1) is 18.8. The van der Waals surface area contributed by atoms with Crippen LogP contribution in [0, 0.1) is 28.4 Å². The maximum atomic E-state index is 15.2. The molecular weight excluding hydrogens is 498 g/mol. The first kappa shape index (κ1) is 25.9. The van der Waals surface area contributed by atoms with Crippen LogP contribution in [0.3, 0.4) is 0 Å². The van der Waals surface area contributed by atoms with Gasteiger partial charge < -0.3 is 14.7 Å². The van der Waals surface area contributed by atoms with Gasteiger partial charge in [0, 0.05) is 74.5 Å². The molecule has 2 aromatic rings. The van der Waals surface area contributed by atoms with Crippen molar-refractivity contribution in [1.29, 1.82) is 5.26 Å². The highest BCUT2D eigenvalue weighted by Gasteiger charge is 2.49. The van der Waals surface area contributed by atoms with Gasteiger partial charge in [-0.25, -0.2) is 13.8 Å². The summed E-state index contributed by atoms with van der Waals surface area (Å²) in [5.41, 5.74) is 2.87. The average Bonchev–Trinajstić information content (AvgIpc) is 3.36. The molecule has 7 nitrogen and oxygen atoms in total. The highest BCUT2D eigenvalue weighted by Crippen LogP contribution is 2.44. The number of piperidine rings is 1. The van der Waals surface area contributed by atoms with Gasteiger partial charge >= 0.3 is 0 Å². The Balaban J connectivity index is 1.39. The fraction of sp³-hybridized carbons (Fsp3) is 0.500. The van der Waals surface area contributed by atoms with Crippen LogP contribution in [0.25, 0.3) is 11.1 Å². The largest absolute Gasteiger partial charge is 0.355 e. The number of halogens is 2. The van der Waals surface area contributed by atoms with E-state index in [9.17, 15) is 14.4 Å². The summed E-state index contributed by atoms with van der Waals surface area (Å²) in [5.74, 6) is -0.803. The number of nitrogens with zero attached hydrogens (tertiary/aromatic N) is 6. The number of likely N-dealkylation sites (N-methyl/N-ethyl adjacent to an activating group) is 1. The second-order valence-electron chi connectivity index (χ2n) is 11.7. The Hall–Kier alpha value is -3.35. The fourth-order valence-electron chi connectivity index (χ4n) is 7.08. The summed E-state index contributed by atoms with van der Waals surface area (Å²) in [6.07, 6.45) is 5.18. The summed E-state index contributed by atoms with van der Waals surface area (Å²) in [4.78, 5) is 25.9. The van der Waals surface area contributed by atoms with E-state index < -0.39 is 11.6 Å². The number of pyridine rings is 1. The summed E-state index contributed by atoms with van der Waals surface area (Å²) in [7, 11) is 2.16. The Morgan fingerprint density at radius 2 is 2.05 bits per heavy atom. The molecule has 3 saturated heterocycles. The van der Waals surface area contributed by atoms with Crippen LogP contribution in [-0.2, 0) is 17.8 Å². The number of anilines is 1. The third-order valence-electron chi connectivity index (χ3n) is 9.07. The topological polar surface area (TPSA) is 66.7 Å². The van der Waals surface area contributed by atoms with E-state index in [0.717, 1.165) is 56.2 Å². The zero-order chi connectivity index (χ0) is 27.3. The normalized spacial score (nSPS) is 22.9. The van der Waals surface area contributed by atoms with Gasteiger partial charge in [0.05, 0.1) is 5.69 Å². The summed E-state index contributed by atoms with van der Waals surface area (Å²) in [6.45, 7) is 9.86. The van der Waals surface area contributed by atoms with Gasteiger partial charge in [0.1, 0.15) is 29.1 Å². The SMILES string of the molecule is C=CC(=O)N1CC2(CCN(c3nc4c(c(-c5ccc(F)cc5F)c3C#N)CCN([C@H]3CCCN(C)C3)C4)C2)C1. The van der Waals surface area contributed by atoms with Crippen LogP contribution in [0.15, 0.2) is 30.9 Å². The molecule has 1 aromatic heterocycles. The summed E-state index contributed by atoms with van der Waals surface area (Å²) < 4.78 is 29.1. The molecule has 1 spiro atoms. The molecule has 0 N–H and O–H groups in total.